The topological polar surface area (TPSA) is 73.3 Å². The van der Waals surface area contributed by atoms with Crippen molar-refractivity contribution in [2.45, 2.75) is 46.1 Å². The Bertz CT molecular complexity index is 941. The fourth-order valence-electron chi connectivity index (χ4n) is 3.69. The third-order valence-corrected chi connectivity index (χ3v) is 5.05. The minimum absolute atomic E-state index is 0.312. The van der Waals surface area contributed by atoms with E-state index in [2.05, 4.69) is 31.0 Å². The molecular formula is C23H27NO3. The summed E-state index contributed by atoms with van der Waals surface area (Å²) in [7, 11) is 0. The summed E-state index contributed by atoms with van der Waals surface area (Å²) in [5, 5.41) is 21.2. The van der Waals surface area contributed by atoms with E-state index < -0.39 is 12.1 Å². The number of aromatic nitrogens is 1. The Morgan fingerprint density at radius 2 is 1.81 bits per heavy atom. The van der Waals surface area contributed by atoms with Gasteiger partial charge in [-0.05, 0) is 60.9 Å². The molecule has 3 rings (SSSR count). The van der Waals surface area contributed by atoms with Gasteiger partial charge in [-0.3, -0.25) is 0 Å². The molecule has 0 bridgehead atoms. The lowest BCUT2D eigenvalue weighted by atomic mass is 9.95. The van der Waals surface area contributed by atoms with E-state index in [4.69, 9.17) is 0 Å². The van der Waals surface area contributed by atoms with Crippen LogP contribution in [0.2, 0.25) is 0 Å². The van der Waals surface area contributed by atoms with Gasteiger partial charge in [-0.15, -0.1) is 0 Å². The van der Waals surface area contributed by atoms with Crippen LogP contribution in [-0.2, 0) is 12.8 Å². The molecule has 4 nitrogen and oxygen atoms in total. The highest BCUT2D eigenvalue weighted by molar-refractivity contribution is 5.97. The monoisotopic (exact) mass is 365 g/mol. The number of aliphatic hydroxyl groups excluding tert-OH is 1. The number of hydrogen-bond acceptors (Lipinski definition) is 2. The first-order valence-corrected chi connectivity index (χ1v) is 9.47. The van der Waals surface area contributed by atoms with Crippen molar-refractivity contribution < 1.29 is 15.0 Å². The number of carboxylic acid groups (broad SMARTS) is 1. The lowest BCUT2D eigenvalue weighted by Gasteiger charge is -2.14. The van der Waals surface area contributed by atoms with Crippen molar-refractivity contribution in [2.75, 3.05) is 0 Å². The molecule has 4 heteroatoms. The fraction of sp³-hybridized carbons (Fsp3) is 0.348. The van der Waals surface area contributed by atoms with Crippen molar-refractivity contribution in [1.82, 2.24) is 4.98 Å². The molecule has 142 valence electrons. The van der Waals surface area contributed by atoms with Crippen LogP contribution >= 0.6 is 0 Å². The van der Waals surface area contributed by atoms with Crippen LogP contribution < -0.4 is 0 Å². The first-order valence-electron chi connectivity index (χ1n) is 9.47. The summed E-state index contributed by atoms with van der Waals surface area (Å²) < 4.78 is 0. The quantitative estimate of drug-likeness (QED) is 0.549. The van der Waals surface area contributed by atoms with Crippen LogP contribution in [0.25, 0.3) is 10.9 Å². The number of carboxylic acids is 1. The second kappa shape index (κ2) is 7.97. The number of carbonyl (C=O) groups is 1. The van der Waals surface area contributed by atoms with Crippen molar-refractivity contribution in [3.8, 4) is 0 Å². The standard InChI is InChI=1S/C23H27NO3/c1-14(2)11-21(25)22-17(10-9-16-7-5-4-6-8-16)19-13-18(23(26)27)15(3)12-20(19)24-22/h4-8,12-14,21,24-25H,9-11H2,1-3H3,(H,26,27). The zero-order valence-electron chi connectivity index (χ0n) is 16.1. The van der Waals surface area contributed by atoms with Gasteiger partial charge in [-0.25, -0.2) is 4.79 Å². The summed E-state index contributed by atoms with van der Waals surface area (Å²) >= 11 is 0. The molecule has 27 heavy (non-hydrogen) atoms. The summed E-state index contributed by atoms with van der Waals surface area (Å²) in [6.45, 7) is 5.97. The normalized spacial score (nSPS) is 12.6. The number of aromatic amines is 1. The molecule has 0 aliphatic carbocycles. The zero-order valence-corrected chi connectivity index (χ0v) is 16.1. The molecule has 1 atom stereocenters. The Morgan fingerprint density at radius 1 is 1.11 bits per heavy atom. The van der Waals surface area contributed by atoms with E-state index in [1.54, 1.807) is 13.0 Å². The van der Waals surface area contributed by atoms with Gasteiger partial charge in [0.2, 0.25) is 0 Å². The highest BCUT2D eigenvalue weighted by Crippen LogP contribution is 2.32. The first-order chi connectivity index (χ1) is 12.9. The summed E-state index contributed by atoms with van der Waals surface area (Å²) in [4.78, 5) is 15.0. The molecule has 0 saturated heterocycles. The van der Waals surface area contributed by atoms with E-state index in [1.165, 1.54) is 5.56 Å². The molecule has 1 aromatic heterocycles. The second-order valence-electron chi connectivity index (χ2n) is 7.67. The van der Waals surface area contributed by atoms with E-state index in [-0.39, 0.29) is 0 Å². The van der Waals surface area contributed by atoms with Gasteiger partial charge >= 0.3 is 5.97 Å². The average molecular weight is 365 g/mol. The van der Waals surface area contributed by atoms with Crippen molar-refractivity contribution in [1.29, 1.82) is 0 Å². The van der Waals surface area contributed by atoms with Gasteiger partial charge in [0.25, 0.3) is 0 Å². The Hall–Kier alpha value is -2.59. The summed E-state index contributed by atoms with van der Waals surface area (Å²) in [5.74, 6) is -0.557. The van der Waals surface area contributed by atoms with Crippen LogP contribution in [0.3, 0.4) is 0 Å². The van der Waals surface area contributed by atoms with E-state index in [1.807, 2.05) is 24.3 Å². The van der Waals surface area contributed by atoms with Crippen molar-refractivity contribution in [2.24, 2.45) is 5.92 Å². The smallest absolute Gasteiger partial charge is 0.335 e. The van der Waals surface area contributed by atoms with Crippen LogP contribution in [0.4, 0.5) is 0 Å². The molecule has 0 aliphatic heterocycles. The number of aliphatic hydroxyl groups is 1. The summed E-state index contributed by atoms with van der Waals surface area (Å²) in [5.41, 5.74) is 4.98. The van der Waals surface area contributed by atoms with Gasteiger partial charge in [0.05, 0.1) is 11.7 Å². The highest BCUT2D eigenvalue weighted by atomic mass is 16.4. The SMILES string of the molecule is Cc1cc2[nH]c(C(O)CC(C)C)c(CCc3ccccc3)c2cc1C(=O)O. The number of H-pyrrole nitrogens is 1. The Balaban J connectivity index is 2.07. The number of aryl methyl sites for hydroxylation is 3. The Kier molecular flexibility index (Phi) is 5.66. The molecule has 1 unspecified atom stereocenters. The van der Waals surface area contributed by atoms with Gasteiger partial charge in [-0.2, -0.15) is 0 Å². The maximum atomic E-state index is 11.6. The lowest BCUT2D eigenvalue weighted by molar-refractivity contribution is 0.0696. The highest BCUT2D eigenvalue weighted by Gasteiger charge is 2.21. The van der Waals surface area contributed by atoms with Gasteiger partial charge in [0.15, 0.2) is 0 Å². The van der Waals surface area contributed by atoms with Crippen LogP contribution in [0.5, 0.6) is 0 Å². The molecule has 3 aromatic rings. The molecular weight excluding hydrogens is 338 g/mol. The van der Waals surface area contributed by atoms with E-state index in [9.17, 15) is 15.0 Å². The van der Waals surface area contributed by atoms with Gasteiger partial charge in [0, 0.05) is 16.6 Å². The molecule has 2 aromatic carbocycles. The number of rotatable bonds is 7. The zero-order chi connectivity index (χ0) is 19.6. The maximum Gasteiger partial charge on any atom is 0.335 e. The summed E-state index contributed by atoms with van der Waals surface area (Å²) in [6.07, 6.45) is 1.66. The molecule has 0 saturated carbocycles. The van der Waals surface area contributed by atoms with Crippen LogP contribution in [-0.4, -0.2) is 21.2 Å². The number of hydrogen-bond donors (Lipinski definition) is 3. The van der Waals surface area contributed by atoms with Gasteiger partial charge in [-0.1, -0.05) is 44.2 Å². The van der Waals surface area contributed by atoms with Crippen LogP contribution in [0.15, 0.2) is 42.5 Å². The molecule has 0 fully saturated rings. The van der Waals surface area contributed by atoms with E-state index >= 15 is 0 Å². The molecule has 3 N–H and O–H groups in total. The maximum absolute atomic E-state index is 11.6. The molecule has 1 heterocycles. The third kappa shape index (κ3) is 4.22. The van der Waals surface area contributed by atoms with Gasteiger partial charge < -0.3 is 15.2 Å². The third-order valence-electron chi connectivity index (χ3n) is 5.05. The Labute approximate surface area is 159 Å². The first kappa shape index (κ1) is 19.2. The number of nitrogens with one attached hydrogen (secondary N) is 1. The molecule has 0 aliphatic rings. The number of aromatic carboxylic acids is 1. The van der Waals surface area contributed by atoms with Crippen molar-refractivity contribution in [3.05, 3.63) is 70.4 Å². The van der Waals surface area contributed by atoms with E-state index in [0.29, 0.717) is 17.9 Å². The second-order valence-corrected chi connectivity index (χ2v) is 7.67. The average Bonchev–Trinajstić information content (AvgIpc) is 2.97. The predicted molar refractivity (Wildman–Crippen MR) is 108 cm³/mol. The minimum Gasteiger partial charge on any atom is -0.478 e. The van der Waals surface area contributed by atoms with Crippen molar-refractivity contribution in [3.63, 3.8) is 0 Å². The molecule has 0 amide bonds. The number of fused-ring (bicyclic) bond motifs is 1. The lowest BCUT2D eigenvalue weighted by Crippen LogP contribution is -2.06. The molecule has 0 spiro atoms. The van der Waals surface area contributed by atoms with Crippen LogP contribution in [0.1, 0.15) is 59.1 Å². The Morgan fingerprint density at radius 3 is 2.44 bits per heavy atom. The number of benzene rings is 2. The molecule has 0 radical (unpaired) electrons. The fourth-order valence-corrected chi connectivity index (χ4v) is 3.69. The van der Waals surface area contributed by atoms with E-state index in [0.717, 1.165) is 40.6 Å². The summed E-state index contributed by atoms with van der Waals surface area (Å²) in [6, 6.07) is 13.8. The van der Waals surface area contributed by atoms with Crippen molar-refractivity contribution >= 4 is 16.9 Å². The van der Waals surface area contributed by atoms with Gasteiger partial charge in [0.1, 0.15) is 0 Å². The minimum atomic E-state index is -0.922. The largest absolute Gasteiger partial charge is 0.478 e. The predicted octanol–water partition coefficient (Wildman–Crippen LogP) is 5.04. The van der Waals surface area contributed by atoms with Crippen LogP contribution in [0, 0.1) is 12.8 Å².